The van der Waals surface area contributed by atoms with Gasteiger partial charge in [0, 0.05) is 43.2 Å². The van der Waals surface area contributed by atoms with E-state index in [1.165, 1.54) is 12.2 Å². The lowest BCUT2D eigenvalue weighted by atomic mass is 10.2. The first-order valence-electron chi connectivity index (χ1n) is 9.19. The van der Waals surface area contributed by atoms with E-state index in [-0.39, 0.29) is 18.7 Å². The van der Waals surface area contributed by atoms with Gasteiger partial charge in [-0.25, -0.2) is 4.98 Å². The number of nitrogens with zero attached hydrogens (tertiary/aromatic N) is 4. The van der Waals surface area contributed by atoms with Crippen molar-refractivity contribution >= 4 is 17.8 Å². The van der Waals surface area contributed by atoms with E-state index in [0.29, 0.717) is 22.8 Å². The predicted octanol–water partition coefficient (Wildman–Crippen LogP) is 2.43. The van der Waals surface area contributed by atoms with Gasteiger partial charge < -0.3 is 4.74 Å². The summed E-state index contributed by atoms with van der Waals surface area (Å²) in [6, 6.07) is 14.1. The van der Waals surface area contributed by atoms with Gasteiger partial charge in [0.25, 0.3) is 11.8 Å². The van der Waals surface area contributed by atoms with Crippen LogP contribution in [0.1, 0.15) is 6.42 Å². The zero-order valence-electron chi connectivity index (χ0n) is 15.8. The molecule has 0 aliphatic carbocycles. The SMILES string of the molecule is O=C(CCN1C(=O)C=CC1=O)Oc1cc(-c2ccccn2)nc(-c2ccccn2)c1. The summed E-state index contributed by atoms with van der Waals surface area (Å²) in [5, 5.41) is 0. The lowest BCUT2D eigenvalue weighted by Gasteiger charge is -2.13. The highest BCUT2D eigenvalue weighted by Gasteiger charge is 2.24. The maximum absolute atomic E-state index is 12.3. The number of esters is 1. The van der Waals surface area contributed by atoms with Crippen LogP contribution in [-0.4, -0.2) is 44.2 Å². The molecule has 4 rings (SSSR count). The first-order valence-corrected chi connectivity index (χ1v) is 9.19. The van der Waals surface area contributed by atoms with Crippen LogP contribution in [0.4, 0.5) is 0 Å². The zero-order chi connectivity index (χ0) is 20.9. The third-order valence-corrected chi connectivity index (χ3v) is 4.33. The molecule has 0 N–H and O–H groups in total. The number of amides is 2. The van der Waals surface area contributed by atoms with E-state index < -0.39 is 17.8 Å². The maximum Gasteiger partial charge on any atom is 0.313 e. The number of ether oxygens (including phenoxy) is 1. The smallest absolute Gasteiger partial charge is 0.313 e. The van der Waals surface area contributed by atoms with Crippen molar-refractivity contribution in [3.05, 3.63) is 73.1 Å². The molecule has 3 aromatic heterocycles. The molecule has 0 spiro atoms. The first kappa shape index (κ1) is 19.1. The van der Waals surface area contributed by atoms with E-state index in [9.17, 15) is 14.4 Å². The van der Waals surface area contributed by atoms with Crippen molar-refractivity contribution < 1.29 is 19.1 Å². The van der Waals surface area contributed by atoms with E-state index >= 15 is 0 Å². The highest BCUT2D eigenvalue weighted by molar-refractivity contribution is 6.13. The molecule has 0 bridgehead atoms. The minimum atomic E-state index is -0.576. The van der Waals surface area contributed by atoms with E-state index in [1.807, 2.05) is 12.1 Å². The second-order valence-corrected chi connectivity index (χ2v) is 6.39. The van der Waals surface area contributed by atoms with Crippen LogP contribution >= 0.6 is 0 Å². The van der Waals surface area contributed by atoms with Crippen LogP contribution in [-0.2, 0) is 14.4 Å². The number of rotatable bonds is 6. The molecule has 0 saturated carbocycles. The Hall–Kier alpha value is -4.20. The second kappa shape index (κ2) is 8.44. The molecular formula is C22H16N4O4. The molecule has 3 aromatic rings. The maximum atomic E-state index is 12.3. The molecule has 0 fully saturated rings. The van der Waals surface area contributed by atoms with Gasteiger partial charge in [0.05, 0.1) is 29.2 Å². The molecule has 1 aliphatic heterocycles. The van der Waals surface area contributed by atoms with Gasteiger partial charge in [-0.2, -0.15) is 0 Å². The molecule has 1 aliphatic rings. The summed E-state index contributed by atoms with van der Waals surface area (Å²) in [6.45, 7) is -0.0468. The third kappa shape index (κ3) is 4.27. The summed E-state index contributed by atoms with van der Waals surface area (Å²) < 4.78 is 5.46. The number of carbonyl (C=O) groups excluding carboxylic acids is 3. The molecule has 8 nitrogen and oxygen atoms in total. The highest BCUT2D eigenvalue weighted by Crippen LogP contribution is 2.26. The van der Waals surface area contributed by atoms with Crippen LogP contribution in [0.15, 0.2) is 73.1 Å². The Balaban J connectivity index is 1.56. The summed E-state index contributed by atoms with van der Waals surface area (Å²) in [6.07, 6.45) is 5.52. The summed E-state index contributed by atoms with van der Waals surface area (Å²) in [5.41, 5.74) is 2.28. The topological polar surface area (TPSA) is 102 Å². The van der Waals surface area contributed by atoms with E-state index in [0.717, 1.165) is 4.90 Å². The van der Waals surface area contributed by atoms with Crippen LogP contribution in [0.25, 0.3) is 22.8 Å². The Morgan fingerprint density at radius 3 is 1.90 bits per heavy atom. The third-order valence-electron chi connectivity index (χ3n) is 4.33. The van der Waals surface area contributed by atoms with Crippen molar-refractivity contribution in [1.29, 1.82) is 0 Å². The minimum absolute atomic E-state index is 0.0468. The Morgan fingerprint density at radius 2 is 1.40 bits per heavy atom. The van der Waals surface area contributed by atoms with Gasteiger partial charge in [-0.05, 0) is 24.3 Å². The van der Waals surface area contributed by atoms with Crippen molar-refractivity contribution in [3.8, 4) is 28.5 Å². The second-order valence-electron chi connectivity index (χ2n) is 6.39. The monoisotopic (exact) mass is 400 g/mol. The van der Waals surface area contributed by atoms with Crippen molar-refractivity contribution in [2.75, 3.05) is 6.54 Å². The first-order chi connectivity index (χ1) is 14.6. The fourth-order valence-electron chi connectivity index (χ4n) is 2.89. The Bertz CT molecular complexity index is 1050. The lowest BCUT2D eigenvalue weighted by molar-refractivity contribution is -0.139. The fraction of sp³-hybridized carbons (Fsp3) is 0.0909. The van der Waals surface area contributed by atoms with Gasteiger partial charge in [-0.1, -0.05) is 12.1 Å². The summed E-state index contributed by atoms with van der Waals surface area (Å²) in [7, 11) is 0. The molecule has 2 amide bonds. The van der Waals surface area contributed by atoms with Crippen molar-refractivity contribution in [1.82, 2.24) is 19.9 Å². The highest BCUT2D eigenvalue weighted by atomic mass is 16.5. The zero-order valence-corrected chi connectivity index (χ0v) is 15.8. The fourth-order valence-corrected chi connectivity index (χ4v) is 2.89. The number of imide groups is 1. The van der Waals surface area contributed by atoms with Crippen molar-refractivity contribution in [2.45, 2.75) is 6.42 Å². The number of carbonyl (C=O) groups is 3. The molecule has 0 aromatic carbocycles. The molecule has 0 radical (unpaired) electrons. The van der Waals surface area contributed by atoms with Gasteiger partial charge in [-0.15, -0.1) is 0 Å². The summed E-state index contributed by atoms with van der Waals surface area (Å²) in [5.74, 6) is -1.18. The van der Waals surface area contributed by atoms with E-state index in [2.05, 4.69) is 15.0 Å². The van der Waals surface area contributed by atoms with Crippen molar-refractivity contribution in [2.24, 2.45) is 0 Å². The molecule has 30 heavy (non-hydrogen) atoms. The normalized spacial score (nSPS) is 13.0. The van der Waals surface area contributed by atoms with Crippen LogP contribution in [0.2, 0.25) is 0 Å². The molecular weight excluding hydrogens is 384 g/mol. The molecule has 0 unspecified atom stereocenters. The van der Waals surface area contributed by atoms with Gasteiger partial charge >= 0.3 is 5.97 Å². The Morgan fingerprint density at radius 1 is 0.833 bits per heavy atom. The largest absolute Gasteiger partial charge is 0.426 e. The molecule has 0 saturated heterocycles. The lowest BCUT2D eigenvalue weighted by Crippen LogP contribution is -2.32. The van der Waals surface area contributed by atoms with Crippen LogP contribution in [0.5, 0.6) is 5.75 Å². The van der Waals surface area contributed by atoms with Gasteiger partial charge in [0.1, 0.15) is 5.75 Å². The van der Waals surface area contributed by atoms with E-state index in [4.69, 9.17) is 4.74 Å². The van der Waals surface area contributed by atoms with Crippen LogP contribution in [0, 0.1) is 0 Å². The quantitative estimate of drug-likeness (QED) is 0.462. The minimum Gasteiger partial charge on any atom is -0.426 e. The Labute approximate surface area is 171 Å². The van der Waals surface area contributed by atoms with Crippen LogP contribution in [0.3, 0.4) is 0 Å². The number of hydrogen-bond donors (Lipinski definition) is 0. The Kier molecular flexibility index (Phi) is 5.38. The molecule has 4 heterocycles. The summed E-state index contributed by atoms with van der Waals surface area (Å²) >= 11 is 0. The number of pyridine rings is 3. The van der Waals surface area contributed by atoms with Crippen molar-refractivity contribution in [3.63, 3.8) is 0 Å². The van der Waals surface area contributed by atoms with Gasteiger partial charge in [0.15, 0.2) is 0 Å². The standard InChI is InChI=1S/C22H16N4O4/c27-20-7-8-21(28)26(20)12-9-22(29)30-15-13-18(16-5-1-3-10-23-16)25-19(14-15)17-6-2-4-11-24-17/h1-8,10-11,13-14H,9,12H2. The average Bonchev–Trinajstić information content (AvgIpc) is 3.10. The summed E-state index contributed by atoms with van der Waals surface area (Å²) in [4.78, 5) is 49.7. The van der Waals surface area contributed by atoms with Crippen LogP contribution < -0.4 is 4.74 Å². The predicted molar refractivity (Wildman–Crippen MR) is 107 cm³/mol. The molecule has 0 atom stereocenters. The number of aromatic nitrogens is 3. The van der Waals surface area contributed by atoms with E-state index in [1.54, 1.807) is 48.8 Å². The molecule has 8 heteroatoms. The molecule has 148 valence electrons. The average molecular weight is 400 g/mol. The number of hydrogen-bond acceptors (Lipinski definition) is 7. The van der Waals surface area contributed by atoms with Gasteiger partial charge in [-0.3, -0.25) is 29.3 Å². The van der Waals surface area contributed by atoms with Gasteiger partial charge in [0.2, 0.25) is 0 Å².